The minimum absolute atomic E-state index is 0.0733. The number of benzene rings is 1. The first-order valence-electron chi connectivity index (χ1n) is 13.6. The summed E-state index contributed by atoms with van der Waals surface area (Å²) in [7, 11) is 1.63. The molecule has 0 fully saturated rings. The van der Waals surface area contributed by atoms with Crippen molar-refractivity contribution >= 4 is 23.3 Å². The van der Waals surface area contributed by atoms with Crippen molar-refractivity contribution in [3.8, 4) is 5.75 Å². The molecule has 4 aromatic rings. The first-order valence-corrected chi connectivity index (χ1v) is 13.6. The monoisotopic (exact) mass is 557 g/mol. The fourth-order valence-corrected chi connectivity index (χ4v) is 4.89. The number of anilines is 1. The van der Waals surface area contributed by atoms with Gasteiger partial charge in [0, 0.05) is 25.5 Å². The Morgan fingerprint density at radius 2 is 1.80 bits per heavy atom. The molecule has 214 valence electrons. The fraction of sp³-hybridized carbons (Fsp3) is 0.400. The van der Waals surface area contributed by atoms with E-state index in [9.17, 15) is 9.59 Å². The summed E-state index contributed by atoms with van der Waals surface area (Å²) in [5.41, 5.74) is 3.06. The number of hydrogen-bond donors (Lipinski definition) is 2. The maximum Gasteiger partial charge on any atom is 0.320 e. The van der Waals surface area contributed by atoms with Crippen molar-refractivity contribution in [1.82, 2.24) is 29.9 Å². The largest absolute Gasteiger partial charge is 0.484 e. The van der Waals surface area contributed by atoms with Crippen LogP contribution in [0.5, 0.6) is 5.75 Å². The third-order valence-electron chi connectivity index (χ3n) is 7.19. The minimum atomic E-state index is -0.407. The molecule has 1 aliphatic rings. The SMILES string of the molecule is CO[C@@H](C)c1nnc2ccc(O[C@@H]3CC[C@H](NC(=O)Nc4cc(C(C)(C)C)nc(C(C)=O)n4)c4ccccc43)cn12. The second kappa shape index (κ2) is 11.2. The highest BCUT2D eigenvalue weighted by Crippen LogP contribution is 2.39. The van der Waals surface area contributed by atoms with Gasteiger partial charge in [0.25, 0.3) is 0 Å². The van der Waals surface area contributed by atoms with Crippen LogP contribution in [0.2, 0.25) is 0 Å². The van der Waals surface area contributed by atoms with Gasteiger partial charge in [-0.05, 0) is 43.0 Å². The molecule has 5 rings (SSSR count). The van der Waals surface area contributed by atoms with Crippen LogP contribution in [0.15, 0.2) is 48.7 Å². The zero-order chi connectivity index (χ0) is 29.3. The maximum atomic E-state index is 13.1. The molecule has 0 unspecified atom stereocenters. The number of nitrogens with zero attached hydrogens (tertiary/aromatic N) is 5. The molecule has 1 aromatic carbocycles. The molecule has 0 radical (unpaired) electrons. The molecule has 2 amide bonds. The van der Waals surface area contributed by atoms with Gasteiger partial charge in [-0.25, -0.2) is 14.8 Å². The molecule has 3 aromatic heterocycles. The number of carbonyl (C=O) groups excluding carboxylic acids is 2. The lowest BCUT2D eigenvalue weighted by Crippen LogP contribution is -2.36. The molecule has 0 saturated carbocycles. The highest BCUT2D eigenvalue weighted by molar-refractivity contribution is 5.92. The summed E-state index contributed by atoms with van der Waals surface area (Å²) in [5.74, 6) is 1.47. The number of rotatable bonds is 7. The van der Waals surface area contributed by atoms with Crippen molar-refractivity contribution in [2.75, 3.05) is 12.4 Å². The van der Waals surface area contributed by atoms with Crippen molar-refractivity contribution in [3.05, 3.63) is 77.1 Å². The van der Waals surface area contributed by atoms with Crippen LogP contribution in [-0.4, -0.2) is 43.5 Å². The smallest absolute Gasteiger partial charge is 0.320 e. The summed E-state index contributed by atoms with van der Waals surface area (Å²) in [6.45, 7) is 9.30. The van der Waals surface area contributed by atoms with E-state index in [1.807, 2.05) is 74.7 Å². The van der Waals surface area contributed by atoms with Gasteiger partial charge in [-0.3, -0.25) is 14.5 Å². The molecule has 3 heterocycles. The zero-order valence-electron chi connectivity index (χ0n) is 24.1. The van der Waals surface area contributed by atoms with Crippen LogP contribution in [0.3, 0.4) is 0 Å². The highest BCUT2D eigenvalue weighted by atomic mass is 16.5. The van der Waals surface area contributed by atoms with E-state index in [2.05, 4.69) is 30.8 Å². The Kier molecular flexibility index (Phi) is 7.72. The van der Waals surface area contributed by atoms with Gasteiger partial charge in [-0.2, -0.15) is 0 Å². The average Bonchev–Trinajstić information content (AvgIpc) is 3.36. The summed E-state index contributed by atoms with van der Waals surface area (Å²) in [4.78, 5) is 33.7. The topological polar surface area (TPSA) is 133 Å². The van der Waals surface area contributed by atoms with Gasteiger partial charge >= 0.3 is 6.03 Å². The van der Waals surface area contributed by atoms with Gasteiger partial charge in [0.1, 0.15) is 23.8 Å². The van der Waals surface area contributed by atoms with Crippen molar-refractivity contribution in [3.63, 3.8) is 0 Å². The third kappa shape index (κ3) is 6.04. The average molecular weight is 558 g/mol. The van der Waals surface area contributed by atoms with Gasteiger partial charge in [-0.15, -0.1) is 10.2 Å². The molecular weight excluding hydrogens is 522 g/mol. The molecule has 0 aliphatic heterocycles. The number of pyridine rings is 1. The first-order chi connectivity index (χ1) is 19.5. The van der Waals surface area contributed by atoms with Crippen LogP contribution < -0.4 is 15.4 Å². The number of ketones is 1. The van der Waals surface area contributed by atoms with Gasteiger partial charge in [0.05, 0.1) is 17.9 Å². The van der Waals surface area contributed by atoms with E-state index in [4.69, 9.17) is 9.47 Å². The predicted molar refractivity (Wildman–Crippen MR) is 153 cm³/mol. The number of hydrogen-bond acceptors (Lipinski definition) is 8. The summed E-state index contributed by atoms with van der Waals surface area (Å²) < 4.78 is 13.8. The zero-order valence-corrected chi connectivity index (χ0v) is 24.1. The van der Waals surface area contributed by atoms with Crippen LogP contribution >= 0.6 is 0 Å². The van der Waals surface area contributed by atoms with Crippen molar-refractivity contribution in [2.45, 2.75) is 71.1 Å². The molecule has 0 bridgehead atoms. The Bertz CT molecular complexity index is 1590. The summed E-state index contributed by atoms with van der Waals surface area (Å²) in [6, 6.07) is 12.8. The number of methoxy groups -OCH3 is 1. The van der Waals surface area contributed by atoms with Gasteiger partial charge < -0.3 is 14.8 Å². The predicted octanol–water partition coefficient (Wildman–Crippen LogP) is 5.50. The van der Waals surface area contributed by atoms with E-state index < -0.39 is 6.03 Å². The maximum absolute atomic E-state index is 13.1. The number of amides is 2. The Hall–Kier alpha value is -4.38. The normalized spacial score (nSPS) is 17.5. The van der Waals surface area contributed by atoms with E-state index in [0.29, 0.717) is 35.8 Å². The van der Waals surface area contributed by atoms with Gasteiger partial charge in [0.2, 0.25) is 0 Å². The van der Waals surface area contributed by atoms with E-state index in [1.54, 1.807) is 13.2 Å². The van der Waals surface area contributed by atoms with Crippen molar-refractivity contribution < 1.29 is 19.1 Å². The molecule has 0 spiro atoms. The number of fused-ring (bicyclic) bond motifs is 2. The Balaban J connectivity index is 1.33. The lowest BCUT2D eigenvalue weighted by atomic mass is 9.85. The quantitative estimate of drug-likeness (QED) is 0.285. The third-order valence-corrected chi connectivity index (χ3v) is 7.19. The first kappa shape index (κ1) is 28.2. The number of Topliss-reactive ketones (excluding diaryl/α,β-unsaturated/α-hetero) is 1. The Morgan fingerprint density at radius 1 is 1.05 bits per heavy atom. The number of urea groups is 1. The number of ether oxygens (including phenoxy) is 2. The minimum Gasteiger partial charge on any atom is -0.484 e. The second-order valence-electron chi connectivity index (χ2n) is 11.3. The van der Waals surface area contributed by atoms with Gasteiger partial charge in [0.15, 0.2) is 23.1 Å². The number of carbonyl (C=O) groups is 2. The second-order valence-corrected chi connectivity index (χ2v) is 11.3. The van der Waals surface area contributed by atoms with E-state index in [0.717, 1.165) is 11.1 Å². The lowest BCUT2D eigenvalue weighted by molar-refractivity contribution is 0.100. The summed E-state index contributed by atoms with van der Waals surface area (Å²) in [6.07, 6.45) is 2.83. The molecule has 3 atom stereocenters. The van der Waals surface area contributed by atoms with Crippen LogP contribution in [-0.2, 0) is 10.2 Å². The van der Waals surface area contributed by atoms with Crippen molar-refractivity contribution in [1.29, 1.82) is 0 Å². The summed E-state index contributed by atoms with van der Waals surface area (Å²) in [5, 5.41) is 14.3. The van der Waals surface area contributed by atoms with Crippen LogP contribution in [0.1, 0.15) is 99.0 Å². The Morgan fingerprint density at radius 3 is 2.51 bits per heavy atom. The molecule has 1 aliphatic carbocycles. The van der Waals surface area contributed by atoms with Gasteiger partial charge in [-0.1, -0.05) is 45.0 Å². The molecule has 2 N–H and O–H groups in total. The molecule has 11 nitrogen and oxygen atoms in total. The van der Waals surface area contributed by atoms with Crippen LogP contribution in [0.25, 0.3) is 5.65 Å². The number of nitrogens with one attached hydrogen (secondary N) is 2. The molecular formula is C30H35N7O4. The van der Waals surface area contributed by atoms with Crippen LogP contribution in [0, 0.1) is 0 Å². The molecule has 0 saturated heterocycles. The fourth-order valence-electron chi connectivity index (χ4n) is 4.89. The number of aromatic nitrogens is 5. The molecule has 41 heavy (non-hydrogen) atoms. The molecule has 11 heteroatoms. The Labute approximate surface area is 238 Å². The van der Waals surface area contributed by atoms with E-state index in [-0.39, 0.29) is 41.1 Å². The van der Waals surface area contributed by atoms with E-state index in [1.165, 1.54) is 6.92 Å². The van der Waals surface area contributed by atoms with Crippen molar-refractivity contribution in [2.24, 2.45) is 0 Å². The highest BCUT2D eigenvalue weighted by Gasteiger charge is 2.30. The standard InChI is InChI=1S/C30H35N7O4/c1-17(38)27-32-24(30(3,4)5)15-25(33-27)34-29(39)31-22-12-13-23(21-10-8-7-9-20(21)22)41-19-11-14-26-35-36-28(18(2)40-6)37(26)16-19/h7-11,14-16,18,22-23H,12-13H2,1-6H3,(H2,31,32,33,34,39)/t18-,22-,23+/m0/s1. The lowest BCUT2D eigenvalue weighted by Gasteiger charge is -2.32. The summed E-state index contributed by atoms with van der Waals surface area (Å²) >= 11 is 0. The van der Waals surface area contributed by atoms with E-state index >= 15 is 0 Å². The van der Waals surface area contributed by atoms with Crippen LogP contribution in [0.4, 0.5) is 10.6 Å².